The van der Waals surface area contributed by atoms with Crippen molar-refractivity contribution in [1.82, 2.24) is 10.2 Å². The monoisotopic (exact) mass is 604 g/mol. The van der Waals surface area contributed by atoms with E-state index in [1.165, 1.54) is 18.2 Å². The summed E-state index contributed by atoms with van der Waals surface area (Å²) in [7, 11) is -4.15. The fourth-order valence-electron chi connectivity index (χ4n) is 5.06. The van der Waals surface area contributed by atoms with E-state index in [9.17, 15) is 36.4 Å². The molecule has 2 aliphatic heterocycles. The van der Waals surface area contributed by atoms with Crippen LogP contribution in [0.2, 0.25) is 5.02 Å². The number of alkyl halides is 3. The number of carbonyl (C=O) groups excluding carboxylic acids is 2. The van der Waals surface area contributed by atoms with Crippen molar-refractivity contribution in [2.75, 3.05) is 24.5 Å². The Labute approximate surface area is 236 Å². The molecule has 3 fully saturated rings. The van der Waals surface area contributed by atoms with E-state index in [0.717, 1.165) is 4.90 Å². The molecule has 9 nitrogen and oxygen atoms in total. The van der Waals surface area contributed by atoms with E-state index in [0.29, 0.717) is 18.5 Å². The Hall–Kier alpha value is -2.72. The number of ether oxygens (including phenoxy) is 1. The molecule has 2 unspecified atom stereocenters. The molecule has 3 aliphatic rings. The third-order valence-corrected chi connectivity index (χ3v) is 10.1. The van der Waals surface area contributed by atoms with Gasteiger partial charge in [-0.05, 0) is 71.1 Å². The van der Waals surface area contributed by atoms with Crippen molar-refractivity contribution >= 4 is 39.1 Å². The highest BCUT2D eigenvalue weighted by Gasteiger charge is 2.51. The second-order valence-electron chi connectivity index (χ2n) is 11.7. The summed E-state index contributed by atoms with van der Waals surface area (Å²) in [6.07, 6.45) is -4.54. The molecule has 1 aliphatic carbocycles. The predicted molar refractivity (Wildman–Crippen MR) is 140 cm³/mol. The van der Waals surface area contributed by atoms with E-state index in [1.807, 2.05) is 6.07 Å². The van der Waals surface area contributed by atoms with Gasteiger partial charge in [0.05, 0.1) is 27.2 Å². The molecule has 2 heterocycles. The molecule has 2 saturated heterocycles. The lowest BCUT2D eigenvalue weighted by Gasteiger charge is -2.34. The first-order chi connectivity index (χ1) is 18.5. The Morgan fingerprint density at radius 1 is 1.18 bits per heavy atom. The van der Waals surface area contributed by atoms with Gasteiger partial charge in [-0.3, -0.25) is 9.69 Å². The zero-order chi connectivity index (χ0) is 29.7. The van der Waals surface area contributed by atoms with E-state index in [1.54, 1.807) is 25.7 Å². The highest BCUT2D eigenvalue weighted by atomic mass is 35.5. The molecule has 14 heteroatoms. The lowest BCUT2D eigenvalue weighted by atomic mass is 9.96. The van der Waals surface area contributed by atoms with Gasteiger partial charge in [0, 0.05) is 25.3 Å². The first kappa shape index (κ1) is 30.2. The highest BCUT2D eigenvalue weighted by molar-refractivity contribution is 7.92. The smallest absolute Gasteiger partial charge is 0.411 e. The lowest BCUT2D eigenvalue weighted by molar-refractivity contribution is -0.179. The van der Waals surface area contributed by atoms with Crippen molar-refractivity contribution < 1.29 is 35.9 Å². The molecule has 0 bridgehead atoms. The van der Waals surface area contributed by atoms with Crippen molar-refractivity contribution in [3.63, 3.8) is 0 Å². The summed E-state index contributed by atoms with van der Waals surface area (Å²) in [5.41, 5.74) is -1.40. The molecule has 1 aromatic rings. The van der Waals surface area contributed by atoms with Crippen molar-refractivity contribution in [3.05, 3.63) is 23.2 Å². The number of nitrogens with one attached hydrogen (secondary N) is 1. The van der Waals surface area contributed by atoms with Crippen LogP contribution in [0.3, 0.4) is 0 Å². The second kappa shape index (κ2) is 10.6. The van der Waals surface area contributed by atoms with Crippen LogP contribution >= 0.6 is 11.6 Å². The Morgan fingerprint density at radius 2 is 1.80 bits per heavy atom. The molecule has 220 valence electrons. The number of rotatable bonds is 5. The first-order valence-corrected chi connectivity index (χ1v) is 15.0. The van der Waals surface area contributed by atoms with Gasteiger partial charge in [0.2, 0.25) is 5.91 Å². The molecule has 4 rings (SSSR count). The van der Waals surface area contributed by atoms with Crippen molar-refractivity contribution in [3.8, 4) is 6.07 Å². The van der Waals surface area contributed by atoms with Gasteiger partial charge >= 0.3 is 12.3 Å². The van der Waals surface area contributed by atoms with E-state index >= 15 is 0 Å². The number of sulfone groups is 1. The number of likely N-dealkylation sites (tertiary alicyclic amines) is 1. The summed E-state index contributed by atoms with van der Waals surface area (Å²) in [5.74, 6) is -2.01. The topological polar surface area (TPSA) is 120 Å². The number of nitriles is 1. The van der Waals surface area contributed by atoms with Gasteiger partial charge in [0.25, 0.3) is 0 Å². The Balaban J connectivity index is 1.54. The predicted octanol–water partition coefficient (Wildman–Crippen LogP) is 4.44. The Morgan fingerprint density at radius 3 is 2.30 bits per heavy atom. The minimum absolute atomic E-state index is 0.0692. The van der Waals surface area contributed by atoms with Crippen LogP contribution in [0.15, 0.2) is 23.1 Å². The second-order valence-corrected chi connectivity index (χ2v) is 14.3. The molecule has 1 N–H and O–H groups in total. The van der Waals surface area contributed by atoms with Crippen LogP contribution < -0.4 is 10.2 Å². The fraction of sp³-hybridized carbons (Fsp3) is 0.654. The van der Waals surface area contributed by atoms with Crippen molar-refractivity contribution in [1.29, 1.82) is 5.26 Å². The first-order valence-electron chi connectivity index (χ1n) is 13.0. The number of hydrogen-bond acceptors (Lipinski definition) is 7. The molecular formula is C26H32ClF3N4O5S. The average Bonchev–Trinajstić information content (AvgIpc) is 3.46. The standard InChI is InChI=1S/C26H32ClF3N4O5S/c1-24(2,3)39-23(36)34-14-18(13-20(34)22(35)32-25(15-31)8-9-25)40(37,38)21-5-4-17(12-19(21)27)33-10-6-16(7-11-33)26(28,29)30/h4-5,12,16,18,20H,6-11,13-14H2,1-3H3,(H,32,35). The summed E-state index contributed by atoms with van der Waals surface area (Å²) in [4.78, 5) is 28.7. The maximum atomic E-state index is 13.7. The fourth-order valence-corrected chi connectivity index (χ4v) is 7.30. The van der Waals surface area contributed by atoms with Crippen LogP contribution in [0.4, 0.5) is 23.7 Å². The van der Waals surface area contributed by atoms with Crippen LogP contribution in [0, 0.1) is 17.2 Å². The maximum absolute atomic E-state index is 13.7. The van der Waals surface area contributed by atoms with Crippen molar-refractivity contribution in [2.24, 2.45) is 5.92 Å². The van der Waals surface area contributed by atoms with E-state index in [2.05, 4.69) is 5.32 Å². The molecule has 1 aromatic carbocycles. The largest absolute Gasteiger partial charge is 0.444 e. The molecule has 0 radical (unpaired) electrons. The van der Waals surface area contributed by atoms with Gasteiger partial charge in [-0.15, -0.1) is 0 Å². The molecule has 40 heavy (non-hydrogen) atoms. The minimum atomic E-state index is -4.25. The maximum Gasteiger partial charge on any atom is 0.411 e. The highest BCUT2D eigenvalue weighted by Crippen LogP contribution is 2.39. The summed E-state index contributed by atoms with van der Waals surface area (Å²) in [6.45, 7) is 4.92. The quantitative estimate of drug-likeness (QED) is 0.527. The number of benzene rings is 1. The molecular weight excluding hydrogens is 573 g/mol. The summed E-state index contributed by atoms with van der Waals surface area (Å²) >= 11 is 6.41. The van der Waals surface area contributed by atoms with Crippen LogP contribution in [-0.4, -0.2) is 73.6 Å². The Bertz CT molecular complexity index is 1310. The number of carbonyl (C=O) groups is 2. The van der Waals surface area contributed by atoms with Gasteiger partial charge in [-0.2, -0.15) is 18.4 Å². The molecule has 2 atom stereocenters. The SMILES string of the molecule is CC(C)(C)OC(=O)N1CC(S(=O)(=O)c2ccc(N3CCC(C(F)(F)F)CC3)cc2Cl)CC1C(=O)NC1(C#N)CC1. The summed E-state index contributed by atoms with van der Waals surface area (Å²) < 4.78 is 71.9. The van der Waals surface area contributed by atoms with Crippen molar-refractivity contribution in [2.45, 2.75) is 86.4 Å². The minimum Gasteiger partial charge on any atom is -0.444 e. The lowest BCUT2D eigenvalue weighted by Crippen LogP contribution is -2.50. The van der Waals surface area contributed by atoms with Crippen LogP contribution in [-0.2, 0) is 19.4 Å². The van der Waals surface area contributed by atoms with Gasteiger partial charge in [0.1, 0.15) is 17.2 Å². The van der Waals surface area contributed by atoms with E-state index in [4.69, 9.17) is 16.3 Å². The van der Waals surface area contributed by atoms with Gasteiger partial charge in [-0.25, -0.2) is 13.2 Å². The number of anilines is 1. The zero-order valence-electron chi connectivity index (χ0n) is 22.4. The number of hydrogen-bond donors (Lipinski definition) is 1. The van der Waals surface area contributed by atoms with Gasteiger partial charge in [0.15, 0.2) is 9.84 Å². The number of nitrogens with zero attached hydrogens (tertiary/aromatic N) is 3. The number of halogens is 4. The third-order valence-electron chi connectivity index (χ3n) is 7.50. The normalized spacial score (nSPS) is 23.4. The zero-order valence-corrected chi connectivity index (χ0v) is 24.0. The summed E-state index contributed by atoms with van der Waals surface area (Å²) in [6, 6.07) is 5.09. The molecule has 1 saturated carbocycles. The summed E-state index contributed by atoms with van der Waals surface area (Å²) in [5, 5.41) is 10.7. The van der Waals surface area contributed by atoms with Gasteiger partial charge in [-0.1, -0.05) is 11.6 Å². The van der Waals surface area contributed by atoms with E-state index in [-0.39, 0.29) is 48.8 Å². The molecule has 2 amide bonds. The molecule has 0 aromatic heterocycles. The average molecular weight is 605 g/mol. The third kappa shape index (κ3) is 6.43. The number of amides is 2. The number of piperidine rings is 1. The van der Waals surface area contributed by atoms with Crippen LogP contribution in [0.1, 0.15) is 52.9 Å². The molecule has 0 spiro atoms. The Kier molecular flexibility index (Phi) is 8.01. The van der Waals surface area contributed by atoms with Crippen LogP contribution in [0.25, 0.3) is 0 Å². The van der Waals surface area contributed by atoms with E-state index < -0.39 is 56.4 Å². The van der Waals surface area contributed by atoms with Crippen LogP contribution in [0.5, 0.6) is 0 Å². The van der Waals surface area contributed by atoms with Gasteiger partial charge < -0.3 is 15.0 Å².